The number of rotatable bonds is 6. The molecule has 186 valence electrons. The SMILES string of the molecule is Cc1cccc(C)c1NC(=O)CN1CCN(CC(=O)Nc2ccc3nc(C(F)(F)F)[nH]c3c2)CC1. The van der Waals surface area contributed by atoms with Crippen molar-refractivity contribution in [3.05, 3.63) is 53.3 Å². The fourth-order valence-electron chi connectivity index (χ4n) is 4.12. The van der Waals surface area contributed by atoms with Crippen molar-refractivity contribution in [1.82, 2.24) is 19.8 Å². The Morgan fingerprint density at radius 3 is 2.09 bits per heavy atom. The van der Waals surface area contributed by atoms with Crippen LogP contribution < -0.4 is 10.6 Å². The Kier molecular flexibility index (Phi) is 7.08. The van der Waals surface area contributed by atoms with E-state index in [1.165, 1.54) is 18.2 Å². The summed E-state index contributed by atoms with van der Waals surface area (Å²) < 4.78 is 38.5. The maximum Gasteiger partial charge on any atom is 0.449 e. The highest BCUT2D eigenvalue weighted by Crippen LogP contribution is 2.29. The van der Waals surface area contributed by atoms with Gasteiger partial charge in [0.25, 0.3) is 0 Å². The number of nitrogens with one attached hydrogen (secondary N) is 3. The number of halogens is 3. The normalized spacial score (nSPS) is 15.3. The number of carbonyl (C=O) groups excluding carboxylic acids is 2. The van der Waals surface area contributed by atoms with Crippen LogP contribution in [-0.2, 0) is 15.8 Å². The maximum atomic E-state index is 12.8. The first-order chi connectivity index (χ1) is 16.6. The Morgan fingerprint density at radius 1 is 0.943 bits per heavy atom. The standard InChI is InChI=1S/C24H27F3N6O2/c1-15-4-3-5-16(2)22(15)31-21(35)14-33-10-8-32(9-11-33)13-20(34)28-17-6-7-18-19(12-17)30-23(29-18)24(25,26)27/h3-7,12H,8-11,13-14H2,1-2H3,(H,28,34)(H,29,30)(H,31,35). The van der Waals surface area contributed by atoms with Gasteiger partial charge in [0.15, 0.2) is 0 Å². The summed E-state index contributed by atoms with van der Waals surface area (Å²) >= 11 is 0. The van der Waals surface area contributed by atoms with Gasteiger partial charge in [-0.3, -0.25) is 19.4 Å². The summed E-state index contributed by atoms with van der Waals surface area (Å²) in [6.07, 6.45) is -4.56. The number of carbonyl (C=O) groups is 2. The second kappa shape index (κ2) is 10.0. The topological polar surface area (TPSA) is 93.4 Å². The smallest absolute Gasteiger partial charge is 0.334 e. The number of nitrogens with zero attached hydrogens (tertiary/aromatic N) is 3. The number of alkyl halides is 3. The third-order valence-electron chi connectivity index (χ3n) is 5.98. The Morgan fingerprint density at radius 2 is 1.51 bits per heavy atom. The van der Waals surface area contributed by atoms with Crippen LogP contribution in [0.25, 0.3) is 11.0 Å². The zero-order valence-electron chi connectivity index (χ0n) is 19.5. The van der Waals surface area contributed by atoms with Crippen molar-refractivity contribution in [2.75, 3.05) is 49.9 Å². The average Bonchev–Trinajstić information content (AvgIpc) is 3.22. The largest absolute Gasteiger partial charge is 0.449 e. The summed E-state index contributed by atoms with van der Waals surface area (Å²) in [5.74, 6) is -1.41. The van der Waals surface area contributed by atoms with E-state index in [4.69, 9.17) is 0 Å². The second-order valence-corrected chi connectivity index (χ2v) is 8.73. The molecule has 1 aliphatic heterocycles. The van der Waals surface area contributed by atoms with Crippen molar-refractivity contribution in [1.29, 1.82) is 0 Å². The van der Waals surface area contributed by atoms with Gasteiger partial charge in [0.05, 0.1) is 24.1 Å². The van der Waals surface area contributed by atoms with Crippen LogP contribution in [-0.4, -0.2) is 70.9 Å². The third kappa shape index (κ3) is 6.17. The number of hydrogen-bond acceptors (Lipinski definition) is 5. The number of imidazole rings is 1. The Balaban J connectivity index is 1.24. The van der Waals surface area contributed by atoms with E-state index in [-0.39, 0.29) is 35.9 Å². The monoisotopic (exact) mass is 488 g/mol. The molecule has 0 saturated carbocycles. The minimum absolute atomic E-state index is 0.0727. The first kappa shape index (κ1) is 24.7. The molecule has 0 unspecified atom stereocenters. The zero-order chi connectivity index (χ0) is 25.2. The molecule has 2 aromatic carbocycles. The summed E-state index contributed by atoms with van der Waals surface area (Å²) in [5.41, 5.74) is 3.64. The van der Waals surface area contributed by atoms with Crippen LogP contribution in [0.2, 0.25) is 0 Å². The van der Waals surface area contributed by atoms with E-state index >= 15 is 0 Å². The van der Waals surface area contributed by atoms with Gasteiger partial charge in [-0.05, 0) is 43.2 Å². The van der Waals surface area contributed by atoms with Gasteiger partial charge < -0.3 is 15.6 Å². The molecule has 1 aliphatic rings. The van der Waals surface area contributed by atoms with E-state index in [1.54, 1.807) is 0 Å². The number of H-pyrrole nitrogens is 1. The van der Waals surface area contributed by atoms with E-state index in [2.05, 4.69) is 20.6 Å². The Hall–Kier alpha value is -3.44. The van der Waals surface area contributed by atoms with Gasteiger partial charge in [-0.2, -0.15) is 13.2 Å². The molecule has 0 radical (unpaired) electrons. The van der Waals surface area contributed by atoms with E-state index in [9.17, 15) is 22.8 Å². The van der Waals surface area contributed by atoms with Gasteiger partial charge in [0.1, 0.15) is 0 Å². The van der Waals surface area contributed by atoms with Crippen molar-refractivity contribution in [3.63, 3.8) is 0 Å². The Labute approximate surface area is 200 Å². The number of aromatic amines is 1. The van der Waals surface area contributed by atoms with Crippen molar-refractivity contribution in [2.45, 2.75) is 20.0 Å². The van der Waals surface area contributed by atoms with Crippen molar-refractivity contribution in [2.24, 2.45) is 0 Å². The van der Waals surface area contributed by atoms with Gasteiger partial charge in [-0.15, -0.1) is 0 Å². The molecule has 3 N–H and O–H groups in total. The predicted octanol–water partition coefficient (Wildman–Crippen LogP) is 3.39. The molecule has 4 rings (SSSR count). The molecular weight excluding hydrogens is 461 g/mol. The molecular formula is C24H27F3N6O2. The molecule has 3 aromatic rings. The molecule has 0 aliphatic carbocycles. The first-order valence-corrected chi connectivity index (χ1v) is 11.3. The number of aryl methyl sites for hydroxylation is 2. The molecule has 2 amide bonds. The molecule has 1 fully saturated rings. The highest BCUT2D eigenvalue weighted by atomic mass is 19.4. The molecule has 1 saturated heterocycles. The second-order valence-electron chi connectivity index (χ2n) is 8.73. The molecule has 0 bridgehead atoms. The van der Waals surface area contributed by atoms with E-state index < -0.39 is 12.0 Å². The lowest BCUT2D eigenvalue weighted by atomic mass is 10.1. The maximum absolute atomic E-state index is 12.8. The molecule has 0 atom stereocenters. The fraction of sp³-hybridized carbons (Fsp3) is 0.375. The van der Waals surface area contributed by atoms with Gasteiger partial charge in [-0.25, -0.2) is 4.98 Å². The van der Waals surface area contributed by atoms with Gasteiger partial charge in [0.2, 0.25) is 17.6 Å². The summed E-state index contributed by atoms with van der Waals surface area (Å²) in [7, 11) is 0. The zero-order valence-corrected chi connectivity index (χ0v) is 19.5. The van der Waals surface area contributed by atoms with Crippen LogP contribution in [0.1, 0.15) is 17.0 Å². The molecule has 1 aromatic heterocycles. The molecule has 35 heavy (non-hydrogen) atoms. The van der Waals surface area contributed by atoms with Crippen molar-refractivity contribution >= 4 is 34.2 Å². The fourth-order valence-corrected chi connectivity index (χ4v) is 4.12. The predicted molar refractivity (Wildman–Crippen MR) is 127 cm³/mol. The number of para-hydroxylation sites is 1. The number of piperazine rings is 1. The summed E-state index contributed by atoms with van der Waals surface area (Å²) in [4.78, 5) is 34.7. The van der Waals surface area contributed by atoms with Gasteiger partial charge >= 0.3 is 6.18 Å². The number of hydrogen-bond donors (Lipinski definition) is 3. The van der Waals surface area contributed by atoms with Gasteiger partial charge in [0, 0.05) is 37.6 Å². The van der Waals surface area contributed by atoms with Crippen LogP contribution in [0.5, 0.6) is 0 Å². The Bertz CT molecular complexity index is 1210. The number of anilines is 2. The molecule has 11 heteroatoms. The van der Waals surface area contributed by atoms with Gasteiger partial charge in [-0.1, -0.05) is 18.2 Å². The highest BCUT2D eigenvalue weighted by Gasteiger charge is 2.34. The van der Waals surface area contributed by atoms with E-state index in [0.717, 1.165) is 16.8 Å². The number of amides is 2. The van der Waals surface area contributed by atoms with Crippen LogP contribution in [0.15, 0.2) is 36.4 Å². The van der Waals surface area contributed by atoms with Crippen molar-refractivity contribution in [3.8, 4) is 0 Å². The molecule has 2 heterocycles. The molecule has 8 nitrogen and oxygen atoms in total. The lowest BCUT2D eigenvalue weighted by Gasteiger charge is -2.33. The minimum atomic E-state index is -4.56. The summed E-state index contributed by atoms with van der Waals surface area (Å²) in [6, 6.07) is 10.3. The van der Waals surface area contributed by atoms with Crippen LogP contribution in [0.4, 0.5) is 24.5 Å². The number of benzene rings is 2. The average molecular weight is 489 g/mol. The lowest BCUT2D eigenvalue weighted by Crippen LogP contribution is -2.50. The minimum Gasteiger partial charge on any atom is -0.334 e. The van der Waals surface area contributed by atoms with Crippen molar-refractivity contribution < 1.29 is 22.8 Å². The number of aromatic nitrogens is 2. The van der Waals surface area contributed by atoms with Crippen LogP contribution >= 0.6 is 0 Å². The molecule has 0 spiro atoms. The summed E-state index contributed by atoms with van der Waals surface area (Å²) in [6.45, 7) is 6.88. The third-order valence-corrected chi connectivity index (χ3v) is 5.98. The van der Waals surface area contributed by atoms with E-state index in [0.29, 0.717) is 31.9 Å². The first-order valence-electron chi connectivity index (χ1n) is 11.3. The lowest BCUT2D eigenvalue weighted by molar-refractivity contribution is -0.144. The quantitative estimate of drug-likeness (QED) is 0.495. The van der Waals surface area contributed by atoms with E-state index in [1.807, 2.05) is 41.8 Å². The van der Waals surface area contributed by atoms with Crippen LogP contribution in [0.3, 0.4) is 0 Å². The number of fused-ring (bicyclic) bond motifs is 1. The highest BCUT2D eigenvalue weighted by molar-refractivity contribution is 5.94. The summed E-state index contributed by atoms with van der Waals surface area (Å²) in [5, 5.41) is 5.71. The van der Waals surface area contributed by atoms with Crippen LogP contribution in [0, 0.1) is 13.8 Å².